The topological polar surface area (TPSA) is 49.4 Å². The Morgan fingerprint density at radius 1 is 1.03 bits per heavy atom. The zero-order valence-corrected chi connectivity index (χ0v) is 21.6. The first-order valence-corrected chi connectivity index (χ1v) is 12.8. The van der Waals surface area contributed by atoms with E-state index in [1.54, 1.807) is 17.0 Å². The molecular formula is C24H29Cl3N2O2S. The summed E-state index contributed by atoms with van der Waals surface area (Å²) in [6.07, 6.45) is 0.506. The lowest BCUT2D eigenvalue weighted by Gasteiger charge is -2.31. The number of nitrogens with one attached hydrogen (secondary N) is 1. The van der Waals surface area contributed by atoms with Crippen molar-refractivity contribution in [1.29, 1.82) is 0 Å². The molecule has 0 aliphatic carbocycles. The van der Waals surface area contributed by atoms with E-state index in [2.05, 4.69) is 5.32 Å². The number of benzene rings is 2. The molecule has 0 aromatic heterocycles. The molecule has 0 aliphatic rings. The van der Waals surface area contributed by atoms with Crippen LogP contribution in [0.25, 0.3) is 0 Å². The molecule has 0 fully saturated rings. The number of nitrogens with zero attached hydrogens (tertiary/aromatic N) is 1. The van der Waals surface area contributed by atoms with Crippen LogP contribution in [0.15, 0.2) is 42.5 Å². The Labute approximate surface area is 210 Å². The molecule has 2 amide bonds. The summed E-state index contributed by atoms with van der Waals surface area (Å²) in [5.74, 6) is 0.912. The fraction of sp³-hybridized carbons (Fsp3) is 0.417. The van der Waals surface area contributed by atoms with Crippen LogP contribution in [0.1, 0.15) is 38.3 Å². The smallest absolute Gasteiger partial charge is 0.242 e. The van der Waals surface area contributed by atoms with Gasteiger partial charge in [-0.3, -0.25) is 9.59 Å². The van der Waals surface area contributed by atoms with Crippen LogP contribution < -0.4 is 5.32 Å². The highest BCUT2D eigenvalue weighted by atomic mass is 35.5. The van der Waals surface area contributed by atoms with Crippen molar-refractivity contribution >= 4 is 58.4 Å². The predicted octanol–water partition coefficient (Wildman–Crippen LogP) is 6.46. The first kappa shape index (κ1) is 26.8. The Balaban J connectivity index is 2.16. The van der Waals surface area contributed by atoms with Gasteiger partial charge in [0, 0.05) is 23.9 Å². The molecule has 32 heavy (non-hydrogen) atoms. The molecule has 1 N–H and O–H groups in total. The average Bonchev–Trinajstić information content (AvgIpc) is 2.75. The Kier molecular flexibility index (Phi) is 11.2. The molecule has 0 spiro atoms. The van der Waals surface area contributed by atoms with Gasteiger partial charge in [-0.25, -0.2) is 0 Å². The van der Waals surface area contributed by atoms with Gasteiger partial charge in [-0.15, -0.1) is 11.8 Å². The van der Waals surface area contributed by atoms with Gasteiger partial charge in [-0.1, -0.05) is 79.8 Å². The van der Waals surface area contributed by atoms with Crippen molar-refractivity contribution < 1.29 is 9.59 Å². The zero-order chi connectivity index (χ0) is 23.7. The quantitative estimate of drug-likeness (QED) is 0.373. The lowest BCUT2D eigenvalue weighted by molar-refractivity contribution is -0.139. The first-order valence-electron chi connectivity index (χ1n) is 10.5. The lowest BCUT2D eigenvalue weighted by atomic mass is 10.1. The molecule has 2 rings (SSSR count). The van der Waals surface area contributed by atoms with E-state index in [0.29, 0.717) is 39.7 Å². The molecule has 0 saturated heterocycles. The molecule has 4 nitrogen and oxygen atoms in total. The number of hydrogen-bond donors (Lipinski definition) is 1. The molecule has 0 heterocycles. The van der Waals surface area contributed by atoms with Gasteiger partial charge in [-0.2, -0.15) is 0 Å². The monoisotopic (exact) mass is 514 g/mol. The minimum atomic E-state index is -0.573. The second kappa shape index (κ2) is 13.3. The molecule has 0 unspecified atom stereocenters. The van der Waals surface area contributed by atoms with Crippen molar-refractivity contribution in [2.45, 2.75) is 45.5 Å². The Hall–Kier alpha value is -1.40. The number of halogens is 3. The highest BCUT2D eigenvalue weighted by Gasteiger charge is 2.28. The Bertz CT molecular complexity index is 924. The van der Waals surface area contributed by atoms with Gasteiger partial charge in [0.1, 0.15) is 6.04 Å². The van der Waals surface area contributed by atoms with Crippen LogP contribution in [0.2, 0.25) is 15.1 Å². The van der Waals surface area contributed by atoms with Crippen LogP contribution in [0.4, 0.5) is 0 Å². The van der Waals surface area contributed by atoms with Gasteiger partial charge < -0.3 is 10.2 Å². The molecule has 2 aromatic carbocycles. The maximum atomic E-state index is 13.3. The molecule has 0 aliphatic heterocycles. The first-order chi connectivity index (χ1) is 15.2. The maximum absolute atomic E-state index is 13.3. The number of carbonyl (C=O) groups excluding carboxylic acids is 2. The van der Waals surface area contributed by atoms with Gasteiger partial charge in [0.2, 0.25) is 11.8 Å². The third kappa shape index (κ3) is 8.18. The Morgan fingerprint density at radius 2 is 1.75 bits per heavy atom. The van der Waals surface area contributed by atoms with Crippen molar-refractivity contribution in [1.82, 2.24) is 10.2 Å². The highest BCUT2D eigenvalue weighted by molar-refractivity contribution is 7.99. The van der Waals surface area contributed by atoms with E-state index in [9.17, 15) is 9.59 Å². The summed E-state index contributed by atoms with van der Waals surface area (Å²) in [7, 11) is 0. The number of hydrogen-bond acceptors (Lipinski definition) is 3. The van der Waals surface area contributed by atoms with Crippen LogP contribution in [0.3, 0.4) is 0 Å². The number of rotatable bonds is 11. The molecular weight excluding hydrogens is 487 g/mol. The molecule has 0 radical (unpaired) electrons. The van der Waals surface area contributed by atoms with Gasteiger partial charge in [-0.05, 0) is 41.7 Å². The van der Waals surface area contributed by atoms with Crippen LogP contribution in [0, 0.1) is 5.92 Å². The molecule has 174 valence electrons. The van der Waals surface area contributed by atoms with Gasteiger partial charge >= 0.3 is 0 Å². The van der Waals surface area contributed by atoms with E-state index < -0.39 is 6.04 Å². The van der Waals surface area contributed by atoms with Crippen LogP contribution in [-0.4, -0.2) is 35.1 Å². The van der Waals surface area contributed by atoms with Gasteiger partial charge in [0.15, 0.2) is 0 Å². The summed E-state index contributed by atoms with van der Waals surface area (Å²) < 4.78 is 0. The largest absolute Gasteiger partial charge is 0.354 e. The summed E-state index contributed by atoms with van der Waals surface area (Å²) in [5.41, 5.74) is 1.80. The SMILES string of the molecule is CC[C@H](C(=O)NCC(C)C)N(Cc1ccc(Cl)c(Cl)c1)C(=O)CSCc1ccccc1Cl. The normalized spacial score (nSPS) is 12.0. The molecule has 0 bridgehead atoms. The maximum Gasteiger partial charge on any atom is 0.242 e. The number of amides is 2. The summed E-state index contributed by atoms with van der Waals surface area (Å²) >= 11 is 19.9. The standard InChI is InChI=1S/C24H29Cl3N2O2S/c1-4-22(24(31)28-12-16(2)3)29(13-17-9-10-20(26)21(27)11-17)23(30)15-32-14-18-7-5-6-8-19(18)25/h5-11,16,22H,4,12-15H2,1-3H3,(H,28,31)/t22-/m1/s1. The summed E-state index contributed by atoms with van der Waals surface area (Å²) in [6, 6.07) is 12.3. The van der Waals surface area contributed by atoms with Crippen molar-refractivity contribution in [3.8, 4) is 0 Å². The predicted molar refractivity (Wildman–Crippen MR) is 137 cm³/mol. The number of thioether (sulfide) groups is 1. The fourth-order valence-corrected chi connectivity index (χ4v) is 4.64. The van der Waals surface area contributed by atoms with Crippen molar-refractivity contribution in [2.75, 3.05) is 12.3 Å². The van der Waals surface area contributed by atoms with E-state index >= 15 is 0 Å². The second-order valence-electron chi connectivity index (χ2n) is 7.92. The van der Waals surface area contributed by atoms with Crippen molar-refractivity contribution in [3.63, 3.8) is 0 Å². The van der Waals surface area contributed by atoms with Crippen LogP contribution in [-0.2, 0) is 21.9 Å². The third-order valence-corrected chi connectivity index (χ3v) is 6.92. The van der Waals surface area contributed by atoms with E-state index in [4.69, 9.17) is 34.8 Å². The van der Waals surface area contributed by atoms with E-state index in [1.165, 1.54) is 11.8 Å². The van der Waals surface area contributed by atoms with Crippen LogP contribution in [0.5, 0.6) is 0 Å². The van der Waals surface area contributed by atoms with E-state index in [1.807, 2.05) is 51.1 Å². The second-order valence-corrected chi connectivity index (χ2v) is 10.1. The third-order valence-electron chi connectivity index (χ3n) is 4.85. The zero-order valence-electron chi connectivity index (χ0n) is 18.5. The average molecular weight is 516 g/mol. The molecule has 1 atom stereocenters. The summed E-state index contributed by atoms with van der Waals surface area (Å²) in [5, 5.41) is 4.51. The Morgan fingerprint density at radius 3 is 2.38 bits per heavy atom. The van der Waals surface area contributed by atoms with Crippen LogP contribution >= 0.6 is 46.6 Å². The lowest BCUT2D eigenvalue weighted by Crippen LogP contribution is -2.50. The van der Waals surface area contributed by atoms with Gasteiger partial charge in [0.05, 0.1) is 15.8 Å². The summed E-state index contributed by atoms with van der Waals surface area (Å²) in [6.45, 7) is 6.81. The molecule has 2 aromatic rings. The van der Waals surface area contributed by atoms with Gasteiger partial charge in [0.25, 0.3) is 0 Å². The van der Waals surface area contributed by atoms with Crippen molar-refractivity contribution in [3.05, 3.63) is 68.7 Å². The molecule has 8 heteroatoms. The minimum Gasteiger partial charge on any atom is -0.354 e. The van der Waals surface area contributed by atoms with E-state index in [-0.39, 0.29) is 24.1 Å². The fourth-order valence-electron chi connectivity index (χ4n) is 3.12. The summed E-state index contributed by atoms with van der Waals surface area (Å²) in [4.78, 5) is 27.8. The van der Waals surface area contributed by atoms with Crippen molar-refractivity contribution in [2.24, 2.45) is 5.92 Å². The minimum absolute atomic E-state index is 0.111. The number of carbonyl (C=O) groups is 2. The van der Waals surface area contributed by atoms with E-state index in [0.717, 1.165) is 11.1 Å². The molecule has 0 saturated carbocycles. The highest BCUT2D eigenvalue weighted by Crippen LogP contribution is 2.25.